The van der Waals surface area contributed by atoms with Gasteiger partial charge in [-0.25, -0.2) is 4.98 Å². The van der Waals surface area contributed by atoms with Gasteiger partial charge in [0, 0.05) is 33.1 Å². The van der Waals surface area contributed by atoms with Crippen molar-refractivity contribution >= 4 is 12.3 Å². The van der Waals surface area contributed by atoms with Gasteiger partial charge in [0.2, 0.25) is 5.82 Å². The van der Waals surface area contributed by atoms with Crippen LogP contribution in [0.15, 0.2) is 24.5 Å². The lowest BCUT2D eigenvalue weighted by Gasteiger charge is -2.31. The average Bonchev–Trinajstić information content (AvgIpc) is 3.42. The average molecular weight is 417 g/mol. The van der Waals surface area contributed by atoms with Gasteiger partial charge in [0.05, 0.1) is 26.3 Å². The molecule has 13 heteroatoms. The molecule has 30 heavy (non-hydrogen) atoms. The Labute approximate surface area is 172 Å². The number of imidazole rings is 1. The highest BCUT2D eigenvalue weighted by Crippen LogP contribution is 2.23. The van der Waals surface area contributed by atoms with Crippen molar-refractivity contribution in [1.82, 2.24) is 40.0 Å². The summed E-state index contributed by atoms with van der Waals surface area (Å²) in [6, 6.07) is 3.87. The molecule has 1 aliphatic heterocycles. The monoisotopic (exact) mass is 417 g/mol. The Morgan fingerprint density at radius 2 is 2.17 bits per heavy atom. The molecule has 3 aromatic heterocycles. The predicted octanol–water partition coefficient (Wildman–Crippen LogP) is -0.211. The summed E-state index contributed by atoms with van der Waals surface area (Å²) < 4.78 is 12.8. The Kier molecular flexibility index (Phi) is 7.34. The van der Waals surface area contributed by atoms with Crippen LogP contribution < -0.4 is 4.90 Å². The van der Waals surface area contributed by atoms with E-state index in [1.165, 1.54) is 4.80 Å². The number of aryl methyl sites for hydroxylation is 1. The first-order valence-electron chi connectivity index (χ1n) is 9.18. The largest absolute Gasteiger partial charge is 0.483 e. The van der Waals surface area contributed by atoms with Crippen molar-refractivity contribution in [2.24, 2.45) is 7.05 Å². The Hall–Kier alpha value is -3.45. The van der Waals surface area contributed by atoms with Crippen LogP contribution in [-0.4, -0.2) is 84.9 Å². The summed E-state index contributed by atoms with van der Waals surface area (Å²) in [6.45, 7) is 2.71. The minimum atomic E-state index is -0.258. The lowest BCUT2D eigenvalue weighted by atomic mass is 10.2. The number of tetrazole rings is 1. The number of ether oxygens (including phenoxy) is 2. The van der Waals surface area contributed by atoms with Gasteiger partial charge in [-0.15, -0.1) is 20.4 Å². The fraction of sp³-hybridized carbons (Fsp3) is 0.471. The zero-order valence-electron chi connectivity index (χ0n) is 16.7. The van der Waals surface area contributed by atoms with E-state index >= 15 is 0 Å². The maximum Gasteiger partial charge on any atom is 0.290 e. The predicted molar refractivity (Wildman–Crippen MR) is 104 cm³/mol. The number of methoxy groups -OCH3 is 1. The van der Waals surface area contributed by atoms with E-state index in [0.29, 0.717) is 32.1 Å². The normalized spacial score (nSPS) is 16.1. The van der Waals surface area contributed by atoms with Crippen LogP contribution in [0, 0.1) is 0 Å². The molecular weight excluding hydrogens is 394 g/mol. The summed E-state index contributed by atoms with van der Waals surface area (Å²) in [4.78, 5) is 16.3. The van der Waals surface area contributed by atoms with Crippen LogP contribution in [-0.2, 0) is 27.9 Å². The van der Waals surface area contributed by atoms with Gasteiger partial charge in [-0.05, 0) is 17.3 Å². The molecule has 0 aromatic carbocycles. The Balaban J connectivity index is 0.000000806. The summed E-state index contributed by atoms with van der Waals surface area (Å²) in [5.41, 5.74) is 0.735. The standard InChI is InChI=1S/C16H21N9O2.CH2O2/c1-23-6-5-17-16(23)12-3-4-14(19-18-12)24-7-10-27-13(11-24)15-20-22-25(21-15)8-9-26-2;2-1-3/h3-6,13H,7-11H2,1-2H3;1H,(H,2,3). The summed E-state index contributed by atoms with van der Waals surface area (Å²) in [5, 5.41) is 28.1. The molecule has 4 heterocycles. The van der Waals surface area contributed by atoms with Crippen LogP contribution >= 0.6 is 0 Å². The Bertz CT molecular complexity index is 927. The van der Waals surface area contributed by atoms with E-state index in [1.807, 2.05) is 29.9 Å². The van der Waals surface area contributed by atoms with Crippen LogP contribution in [0.2, 0.25) is 0 Å². The molecule has 0 saturated carbocycles. The highest BCUT2D eigenvalue weighted by atomic mass is 16.5. The number of aromatic nitrogens is 8. The minimum absolute atomic E-state index is 0.250. The number of hydrogen-bond donors (Lipinski definition) is 1. The van der Waals surface area contributed by atoms with E-state index in [-0.39, 0.29) is 12.6 Å². The fourth-order valence-corrected chi connectivity index (χ4v) is 2.89. The van der Waals surface area contributed by atoms with Gasteiger partial charge in [0.25, 0.3) is 6.47 Å². The minimum Gasteiger partial charge on any atom is -0.483 e. The van der Waals surface area contributed by atoms with Crippen LogP contribution in [0.3, 0.4) is 0 Å². The van der Waals surface area contributed by atoms with Gasteiger partial charge in [-0.1, -0.05) is 0 Å². The Morgan fingerprint density at radius 1 is 1.33 bits per heavy atom. The van der Waals surface area contributed by atoms with Gasteiger partial charge >= 0.3 is 0 Å². The number of nitrogens with zero attached hydrogens (tertiary/aromatic N) is 9. The van der Waals surface area contributed by atoms with Gasteiger partial charge in [-0.3, -0.25) is 4.79 Å². The molecule has 0 spiro atoms. The first kappa shape index (κ1) is 21.3. The number of anilines is 1. The van der Waals surface area contributed by atoms with Crippen LogP contribution in [0.25, 0.3) is 11.5 Å². The van der Waals surface area contributed by atoms with Crippen molar-refractivity contribution in [3.05, 3.63) is 30.4 Å². The highest BCUT2D eigenvalue weighted by molar-refractivity contribution is 5.52. The quantitative estimate of drug-likeness (QED) is 0.531. The number of hydrogen-bond acceptors (Lipinski definition) is 10. The fourth-order valence-electron chi connectivity index (χ4n) is 2.89. The number of morpholine rings is 1. The molecule has 1 saturated heterocycles. The molecule has 1 atom stereocenters. The number of carboxylic acid groups (broad SMARTS) is 1. The van der Waals surface area contributed by atoms with Gasteiger partial charge in [0.15, 0.2) is 11.6 Å². The van der Waals surface area contributed by atoms with E-state index in [9.17, 15) is 0 Å². The third kappa shape index (κ3) is 5.12. The first-order chi connectivity index (χ1) is 14.7. The van der Waals surface area contributed by atoms with Crippen molar-refractivity contribution in [3.63, 3.8) is 0 Å². The second-order valence-electron chi connectivity index (χ2n) is 6.29. The van der Waals surface area contributed by atoms with E-state index in [4.69, 9.17) is 19.4 Å². The number of rotatable bonds is 6. The zero-order valence-corrected chi connectivity index (χ0v) is 16.7. The lowest BCUT2D eigenvalue weighted by molar-refractivity contribution is -0.122. The molecule has 0 bridgehead atoms. The Morgan fingerprint density at radius 3 is 2.83 bits per heavy atom. The molecule has 1 N–H and O–H groups in total. The van der Waals surface area contributed by atoms with Gasteiger partial charge in [0.1, 0.15) is 11.8 Å². The smallest absolute Gasteiger partial charge is 0.290 e. The molecule has 160 valence electrons. The summed E-state index contributed by atoms with van der Waals surface area (Å²) in [7, 11) is 3.57. The second-order valence-corrected chi connectivity index (χ2v) is 6.29. The first-order valence-corrected chi connectivity index (χ1v) is 9.18. The van der Waals surface area contributed by atoms with Crippen molar-refractivity contribution in [2.45, 2.75) is 12.6 Å². The molecule has 0 amide bonds. The third-order valence-corrected chi connectivity index (χ3v) is 4.34. The van der Waals surface area contributed by atoms with E-state index in [1.54, 1.807) is 13.3 Å². The summed E-state index contributed by atoms with van der Waals surface area (Å²) in [5.74, 6) is 2.13. The molecule has 0 aliphatic carbocycles. The van der Waals surface area contributed by atoms with Crippen molar-refractivity contribution < 1.29 is 19.4 Å². The van der Waals surface area contributed by atoms with Gasteiger partial charge < -0.3 is 24.0 Å². The maximum atomic E-state index is 8.36. The van der Waals surface area contributed by atoms with Crippen molar-refractivity contribution in [3.8, 4) is 11.5 Å². The topological polar surface area (TPSA) is 146 Å². The van der Waals surface area contributed by atoms with Crippen LogP contribution in [0.4, 0.5) is 5.82 Å². The maximum absolute atomic E-state index is 8.36. The molecule has 0 radical (unpaired) electrons. The van der Waals surface area contributed by atoms with Gasteiger partial charge in [-0.2, -0.15) is 4.80 Å². The second kappa shape index (κ2) is 10.4. The molecule has 13 nitrogen and oxygen atoms in total. The lowest BCUT2D eigenvalue weighted by Crippen LogP contribution is -2.39. The molecule has 3 aromatic rings. The number of carbonyl (C=O) groups is 1. The summed E-state index contributed by atoms with van der Waals surface area (Å²) in [6.07, 6.45) is 3.36. The van der Waals surface area contributed by atoms with Crippen LogP contribution in [0.5, 0.6) is 0 Å². The van der Waals surface area contributed by atoms with E-state index in [2.05, 4.69) is 35.5 Å². The highest BCUT2D eigenvalue weighted by Gasteiger charge is 2.27. The van der Waals surface area contributed by atoms with E-state index in [0.717, 1.165) is 23.9 Å². The molecule has 1 unspecified atom stereocenters. The molecule has 1 aliphatic rings. The molecule has 4 rings (SSSR count). The summed E-state index contributed by atoms with van der Waals surface area (Å²) >= 11 is 0. The zero-order chi connectivity index (χ0) is 21.3. The van der Waals surface area contributed by atoms with Crippen LogP contribution in [0.1, 0.15) is 11.9 Å². The molecular formula is C17H23N9O4. The van der Waals surface area contributed by atoms with E-state index < -0.39 is 0 Å². The third-order valence-electron chi connectivity index (χ3n) is 4.34. The van der Waals surface area contributed by atoms with Crippen molar-refractivity contribution in [2.75, 3.05) is 38.3 Å². The molecule has 1 fully saturated rings. The van der Waals surface area contributed by atoms with Crippen molar-refractivity contribution in [1.29, 1.82) is 0 Å². The SMILES string of the molecule is COCCn1nnc(C2CN(c3ccc(-c4nccn4C)nn3)CCO2)n1.O=CO.